The number of rotatable bonds is 7. The summed E-state index contributed by atoms with van der Waals surface area (Å²) in [6, 6.07) is 0.208. The monoisotopic (exact) mass is 418 g/mol. The summed E-state index contributed by atoms with van der Waals surface area (Å²) in [6.07, 6.45) is 0.547. The second-order valence-corrected chi connectivity index (χ2v) is 7.21. The van der Waals surface area contributed by atoms with E-state index in [4.69, 9.17) is 0 Å². The smallest absolute Gasteiger partial charge is 0.175 e. The Bertz CT molecular complexity index is 690. The van der Waals surface area contributed by atoms with Gasteiger partial charge in [-0.25, -0.2) is 35.1 Å². The topological polar surface area (TPSA) is 0 Å². The van der Waals surface area contributed by atoms with Crippen molar-refractivity contribution in [1.82, 2.24) is 0 Å². The fraction of sp³-hybridized carbons (Fsp3) is 0.250. The molecule has 0 saturated carbocycles. The van der Waals surface area contributed by atoms with Crippen molar-refractivity contribution in [3.8, 4) is 0 Å². The van der Waals surface area contributed by atoms with Gasteiger partial charge in [0.2, 0.25) is 0 Å². The van der Waals surface area contributed by atoms with Gasteiger partial charge in [0, 0.05) is 12.1 Å². The van der Waals surface area contributed by atoms with Crippen LogP contribution in [0.25, 0.3) is 0 Å². The van der Waals surface area contributed by atoms with E-state index in [1.54, 1.807) is 0 Å². The molecule has 0 aliphatic rings. The average molecular weight is 418 g/mol. The molecular formula is C16H10F8S2. The highest BCUT2D eigenvalue weighted by Crippen LogP contribution is 2.31. The van der Waals surface area contributed by atoms with Crippen molar-refractivity contribution in [2.45, 2.75) is 22.6 Å². The summed E-state index contributed by atoms with van der Waals surface area (Å²) >= 11 is 1.10. The van der Waals surface area contributed by atoms with E-state index < -0.39 is 56.3 Å². The van der Waals surface area contributed by atoms with E-state index >= 15 is 0 Å². The number of hydrogen-bond donors (Lipinski definition) is 0. The van der Waals surface area contributed by atoms with Gasteiger partial charge in [-0.3, -0.25) is 0 Å². The largest absolute Gasteiger partial charge is 0.204 e. The first-order valence-electron chi connectivity index (χ1n) is 7.15. The van der Waals surface area contributed by atoms with E-state index in [0.29, 0.717) is 23.5 Å². The van der Waals surface area contributed by atoms with Gasteiger partial charge in [-0.15, -0.1) is 23.5 Å². The summed E-state index contributed by atoms with van der Waals surface area (Å²) in [7, 11) is 0. The third kappa shape index (κ3) is 4.64. The molecule has 0 bridgehead atoms. The summed E-state index contributed by atoms with van der Waals surface area (Å²) in [5.74, 6) is -11.9. The van der Waals surface area contributed by atoms with E-state index in [-0.39, 0.29) is 36.5 Å². The summed E-state index contributed by atoms with van der Waals surface area (Å²) < 4.78 is 106. The molecule has 0 aliphatic heterocycles. The van der Waals surface area contributed by atoms with Crippen LogP contribution in [0.15, 0.2) is 21.9 Å². The molecule has 2 aromatic rings. The van der Waals surface area contributed by atoms with Crippen molar-refractivity contribution in [3.63, 3.8) is 0 Å². The van der Waals surface area contributed by atoms with Crippen LogP contribution >= 0.6 is 23.5 Å². The standard InChI is InChI=1S/C16H10F8S2/c17-7-5-8(18)12(22)15(11(7)21)25-3-1-2-4-26-16-13(23)9(19)6-10(20)14(16)24/h5-6H,1-4H2. The summed E-state index contributed by atoms with van der Waals surface area (Å²) in [5.41, 5.74) is 0. The van der Waals surface area contributed by atoms with E-state index in [0.717, 1.165) is 0 Å². The lowest BCUT2D eigenvalue weighted by molar-refractivity contribution is 0.426. The lowest BCUT2D eigenvalue weighted by atomic mass is 10.3. The van der Waals surface area contributed by atoms with Crippen molar-refractivity contribution in [2.24, 2.45) is 0 Å². The number of benzene rings is 2. The van der Waals surface area contributed by atoms with Crippen molar-refractivity contribution >= 4 is 23.5 Å². The Kier molecular flexibility index (Phi) is 7.22. The minimum Gasteiger partial charge on any atom is -0.204 e. The van der Waals surface area contributed by atoms with Gasteiger partial charge >= 0.3 is 0 Å². The van der Waals surface area contributed by atoms with Crippen LogP contribution in [0.5, 0.6) is 0 Å². The number of unbranched alkanes of at least 4 members (excludes halogenated alkanes) is 1. The first-order chi connectivity index (χ1) is 12.2. The molecule has 0 unspecified atom stereocenters. The molecule has 26 heavy (non-hydrogen) atoms. The Morgan fingerprint density at radius 2 is 0.769 bits per heavy atom. The zero-order valence-electron chi connectivity index (χ0n) is 12.8. The fourth-order valence-electron chi connectivity index (χ4n) is 1.91. The van der Waals surface area contributed by atoms with Gasteiger partial charge in [0.15, 0.2) is 46.5 Å². The van der Waals surface area contributed by atoms with Crippen LogP contribution < -0.4 is 0 Å². The van der Waals surface area contributed by atoms with E-state index in [1.807, 2.05) is 0 Å². The van der Waals surface area contributed by atoms with Crippen molar-refractivity contribution in [1.29, 1.82) is 0 Å². The van der Waals surface area contributed by atoms with Crippen molar-refractivity contribution in [3.05, 3.63) is 58.7 Å². The zero-order valence-corrected chi connectivity index (χ0v) is 14.5. The molecule has 142 valence electrons. The summed E-state index contributed by atoms with van der Waals surface area (Å²) in [6.45, 7) is 0. The maximum absolute atomic E-state index is 13.4. The highest BCUT2D eigenvalue weighted by Gasteiger charge is 2.20. The molecule has 10 heteroatoms. The van der Waals surface area contributed by atoms with E-state index in [2.05, 4.69) is 0 Å². The highest BCUT2D eigenvalue weighted by molar-refractivity contribution is 7.99. The van der Waals surface area contributed by atoms with Crippen LogP contribution in [-0.2, 0) is 0 Å². The molecule has 2 rings (SSSR count). The Labute approximate surface area is 152 Å². The Balaban J connectivity index is 1.86. The van der Waals surface area contributed by atoms with Crippen molar-refractivity contribution < 1.29 is 35.1 Å². The van der Waals surface area contributed by atoms with Gasteiger partial charge in [-0.05, 0) is 24.3 Å². The minimum absolute atomic E-state index is 0.0692. The highest BCUT2D eigenvalue weighted by atomic mass is 32.2. The molecule has 0 spiro atoms. The van der Waals surface area contributed by atoms with Crippen LogP contribution in [-0.4, -0.2) is 11.5 Å². The fourth-order valence-corrected chi connectivity index (χ4v) is 3.91. The SMILES string of the molecule is Fc1cc(F)c(F)c(SCCCCSc2c(F)c(F)cc(F)c2F)c1F. The molecule has 0 heterocycles. The number of halogens is 8. The van der Waals surface area contributed by atoms with E-state index in [1.165, 1.54) is 0 Å². The summed E-state index contributed by atoms with van der Waals surface area (Å²) in [5, 5.41) is 0. The van der Waals surface area contributed by atoms with Crippen LogP contribution in [0.3, 0.4) is 0 Å². The van der Waals surface area contributed by atoms with Gasteiger partial charge in [0.1, 0.15) is 0 Å². The lowest BCUT2D eigenvalue weighted by Gasteiger charge is -2.08. The Morgan fingerprint density at radius 1 is 0.500 bits per heavy atom. The second-order valence-electron chi connectivity index (χ2n) is 5.00. The molecule has 0 amide bonds. The van der Waals surface area contributed by atoms with E-state index in [9.17, 15) is 35.1 Å². The quantitative estimate of drug-likeness (QED) is 0.219. The molecule has 0 fully saturated rings. The summed E-state index contributed by atoms with van der Waals surface area (Å²) in [4.78, 5) is -1.58. The zero-order chi connectivity index (χ0) is 19.4. The predicted octanol–water partition coefficient (Wildman–Crippen LogP) is 6.46. The Hall–Kier alpha value is -1.42. The molecule has 0 aromatic heterocycles. The molecule has 0 atom stereocenters. The first kappa shape index (κ1) is 20.9. The average Bonchev–Trinajstić information content (AvgIpc) is 2.59. The third-order valence-electron chi connectivity index (χ3n) is 3.17. The van der Waals surface area contributed by atoms with Crippen LogP contribution in [0, 0.1) is 46.5 Å². The maximum Gasteiger partial charge on any atom is 0.175 e. The molecular weight excluding hydrogens is 408 g/mol. The molecule has 0 radical (unpaired) electrons. The normalized spacial score (nSPS) is 11.2. The molecule has 2 aromatic carbocycles. The predicted molar refractivity (Wildman–Crippen MR) is 83.2 cm³/mol. The first-order valence-corrected chi connectivity index (χ1v) is 9.12. The molecule has 0 N–H and O–H groups in total. The number of hydrogen-bond acceptors (Lipinski definition) is 2. The van der Waals surface area contributed by atoms with Crippen LogP contribution in [0.4, 0.5) is 35.1 Å². The Morgan fingerprint density at radius 3 is 1.04 bits per heavy atom. The molecule has 0 saturated heterocycles. The van der Waals surface area contributed by atoms with Gasteiger partial charge < -0.3 is 0 Å². The minimum atomic E-state index is -1.51. The lowest BCUT2D eigenvalue weighted by Crippen LogP contribution is -1.99. The van der Waals surface area contributed by atoms with Crippen LogP contribution in [0.2, 0.25) is 0 Å². The molecule has 0 aliphatic carbocycles. The molecule has 0 nitrogen and oxygen atoms in total. The van der Waals surface area contributed by atoms with Gasteiger partial charge in [-0.2, -0.15) is 0 Å². The number of thioether (sulfide) groups is 2. The maximum atomic E-state index is 13.4. The van der Waals surface area contributed by atoms with Crippen molar-refractivity contribution in [2.75, 3.05) is 11.5 Å². The van der Waals surface area contributed by atoms with Gasteiger partial charge in [-0.1, -0.05) is 0 Å². The third-order valence-corrected chi connectivity index (χ3v) is 5.45. The van der Waals surface area contributed by atoms with Gasteiger partial charge in [0.25, 0.3) is 0 Å². The van der Waals surface area contributed by atoms with Gasteiger partial charge in [0.05, 0.1) is 9.79 Å². The van der Waals surface area contributed by atoms with Crippen LogP contribution in [0.1, 0.15) is 12.8 Å². The second kappa shape index (κ2) is 8.98.